The predicted molar refractivity (Wildman–Crippen MR) is 183 cm³/mol. The maximum atomic E-state index is 14.2. The van der Waals surface area contributed by atoms with Crippen LogP contribution in [-0.4, -0.2) is 55.6 Å². The van der Waals surface area contributed by atoms with Gasteiger partial charge in [0, 0.05) is 5.56 Å². The number of ether oxygens (including phenoxy) is 3. The molecule has 260 valence electrons. The van der Waals surface area contributed by atoms with Crippen molar-refractivity contribution in [3.05, 3.63) is 120 Å². The number of nitrogens with zero attached hydrogens (tertiary/aromatic N) is 4. The Morgan fingerprint density at radius 3 is 2.08 bits per heavy atom. The number of phosphoric ester groups is 1. The maximum Gasteiger partial charge on any atom is 0.475 e. The van der Waals surface area contributed by atoms with Crippen LogP contribution in [0.5, 0.6) is 0 Å². The summed E-state index contributed by atoms with van der Waals surface area (Å²) in [5, 5.41) is 2.83. The van der Waals surface area contributed by atoms with Crippen molar-refractivity contribution in [2.24, 2.45) is 0 Å². The number of fused-ring (bicyclic) bond motifs is 2. The molecule has 2 saturated heterocycles. The highest BCUT2D eigenvalue weighted by atomic mass is 31.2. The van der Waals surface area contributed by atoms with Crippen molar-refractivity contribution in [3.63, 3.8) is 0 Å². The van der Waals surface area contributed by atoms with Gasteiger partial charge in [0.1, 0.15) is 24.1 Å². The van der Waals surface area contributed by atoms with Gasteiger partial charge in [0.2, 0.25) is 0 Å². The van der Waals surface area contributed by atoms with Gasteiger partial charge in [-0.3, -0.25) is 22.9 Å². The zero-order valence-electron chi connectivity index (χ0n) is 27.9. The van der Waals surface area contributed by atoms with Crippen molar-refractivity contribution >= 4 is 30.7 Å². The van der Waals surface area contributed by atoms with Crippen LogP contribution in [0.4, 0.5) is 5.82 Å². The van der Waals surface area contributed by atoms with Crippen LogP contribution < -0.4 is 5.32 Å². The van der Waals surface area contributed by atoms with E-state index in [1.165, 1.54) is 6.33 Å². The lowest BCUT2D eigenvalue weighted by atomic mass is 9.93. The second-order valence-corrected chi connectivity index (χ2v) is 14.2. The van der Waals surface area contributed by atoms with Crippen molar-refractivity contribution in [1.82, 2.24) is 19.5 Å². The van der Waals surface area contributed by atoms with Gasteiger partial charge in [-0.2, -0.15) is 0 Å². The first-order valence-corrected chi connectivity index (χ1v) is 17.8. The molecule has 3 aromatic carbocycles. The molecule has 50 heavy (non-hydrogen) atoms. The number of hydrogen-bond donors (Lipinski definition) is 1. The largest absolute Gasteiger partial charge is 0.475 e. The smallest absolute Gasteiger partial charge is 0.343 e. The van der Waals surface area contributed by atoms with Crippen LogP contribution in [0.2, 0.25) is 0 Å². The Labute approximate surface area is 289 Å². The van der Waals surface area contributed by atoms with E-state index in [1.807, 2.05) is 87.5 Å². The zero-order valence-corrected chi connectivity index (χ0v) is 28.8. The number of hydrogen-bond acceptors (Lipinski definition) is 11. The van der Waals surface area contributed by atoms with E-state index < -0.39 is 37.6 Å². The van der Waals surface area contributed by atoms with Crippen molar-refractivity contribution in [2.45, 2.75) is 70.2 Å². The first-order chi connectivity index (χ1) is 24.2. The van der Waals surface area contributed by atoms with Crippen LogP contribution in [-0.2, 0) is 45.6 Å². The fraction of sp³-hybridized carbons (Fsp3) is 0.333. The van der Waals surface area contributed by atoms with E-state index in [1.54, 1.807) is 35.2 Å². The molecule has 7 rings (SSSR count). The van der Waals surface area contributed by atoms with Crippen LogP contribution >= 0.6 is 7.82 Å². The minimum absolute atomic E-state index is 0.0120. The number of phosphoric acid groups is 1. The summed E-state index contributed by atoms with van der Waals surface area (Å²) >= 11 is 0. The van der Waals surface area contributed by atoms with Crippen LogP contribution in [0.1, 0.15) is 54.9 Å². The quantitative estimate of drug-likeness (QED) is 0.129. The predicted octanol–water partition coefficient (Wildman–Crippen LogP) is 6.83. The van der Waals surface area contributed by atoms with Crippen molar-refractivity contribution in [2.75, 3.05) is 11.9 Å². The molecule has 0 spiro atoms. The molecule has 2 aliphatic heterocycles. The van der Waals surface area contributed by atoms with E-state index in [9.17, 15) is 9.36 Å². The average molecular weight is 700 g/mol. The number of aromatic nitrogens is 4. The number of rotatable bonds is 13. The topological polar surface area (TPSA) is 145 Å². The monoisotopic (exact) mass is 699 g/mol. The molecule has 1 amide bonds. The standard InChI is InChI=1S/C36H38N5O8P/c1-4-36(22-46-50(43,44-20-25-14-8-5-9-15-25)45-21-26-16-10-6-11-17-26)30-29(47-35(2,3)48-30)34(49-36)41-24-39-28-31(37-23-38-32(28)41)40-33(42)27-18-12-7-13-19-27/h5-19,23-24,29-30,34H,4,20-22H2,1-3H3,(H,37,38,40,42)/t29?,30-,34?,36?/m1/s1. The van der Waals surface area contributed by atoms with Crippen molar-refractivity contribution < 1.29 is 37.1 Å². The summed E-state index contributed by atoms with van der Waals surface area (Å²) in [5.74, 6) is -1.05. The number of benzene rings is 3. The molecule has 4 heterocycles. The van der Waals surface area contributed by atoms with E-state index in [4.69, 9.17) is 27.8 Å². The molecule has 1 N–H and O–H groups in total. The zero-order chi connectivity index (χ0) is 34.8. The van der Waals surface area contributed by atoms with Crippen molar-refractivity contribution in [3.8, 4) is 0 Å². The number of carbonyl (C=O) groups excluding carboxylic acids is 1. The third-order valence-corrected chi connectivity index (χ3v) is 10.1. The molecular formula is C36H38N5O8P. The van der Waals surface area contributed by atoms with Gasteiger partial charge in [-0.15, -0.1) is 0 Å². The second kappa shape index (κ2) is 14.1. The molecule has 3 unspecified atom stereocenters. The van der Waals surface area contributed by atoms with Gasteiger partial charge in [0.05, 0.1) is 26.1 Å². The third kappa shape index (κ3) is 7.12. The molecular weight excluding hydrogens is 661 g/mol. The number of carbonyl (C=O) groups is 1. The molecule has 5 aromatic rings. The van der Waals surface area contributed by atoms with E-state index in [2.05, 4.69) is 20.3 Å². The number of anilines is 1. The molecule has 13 nitrogen and oxygen atoms in total. The fourth-order valence-electron chi connectivity index (χ4n) is 6.15. The minimum Gasteiger partial charge on any atom is -0.343 e. The Bertz CT molecular complexity index is 1930. The lowest BCUT2D eigenvalue weighted by Gasteiger charge is -2.34. The maximum absolute atomic E-state index is 14.2. The molecule has 0 saturated carbocycles. The summed E-state index contributed by atoms with van der Waals surface area (Å²) in [4.78, 5) is 26.3. The lowest BCUT2D eigenvalue weighted by molar-refractivity contribution is -0.226. The number of imidazole rings is 1. The van der Waals surface area contributed by atoms with Crippen LogP contribution in [0.3, 0.4) is 0 Å². The van der Waals surface area contributed by atoms with Gasteiger partial charge < -0.3 is 19.5 Å². The van der Waals surface area contributed by atoms with Crippen LogP contribution in [0, 0.1) is 0 Å². The molecule has 4 atom stereocenters. The highest BCUT2D eigenvalue weighted by Crippen LogP contribution is 2.55. The van der Waals surface area contributed by atoms with Gasteiger partial charge in [-0.05, 0) is 43.5 Å². The number of amides is 1. The highest BCUT2D eigenvalue weighted by Gasteiger charge is 2.63. The van der Waals surface area contributed by atoms with E-state index in [-0.39, 0.29) is 31.5 Å². The van der Waals surface area contributed by atoms with Gasteiger partial charge in [0.25, 0.3) is 5.91 Å². The summed E-state index contributed by atoms with van der Waals surface area (Å²) < 4.78 is 53.5. The summed E-state index contributed by atoms with van der Waals surface area (Å²) in [6.07, 6.45) is 1.28. The number of nitrogens with one attached hydrogen (secondary N) is 1. The fourth-order valence-corrected chi connectivity index (χ4v) is 7.37. The molecule has 0 bridgehead atoms. The molecule has 2 fully saturated rings. The summed E-state index contributed by atoms with van der Waals surface area (Å²) in [6, 6.07) is 27.6. The lowest BCUT2D eigenvalue weighted by Crippen LogP contribution is -2.46. The van der Waals surface area contributed by atoms with Gasteiger partial charge in [-0.25, -0.2) is 19.5 Å². The molecule has 0 radical (unpaired) electrons. The van der Waals surface area contributed by atoms with E-state index in [0.717, 1.165) is 11.1 Å². The second-order valence-electron chi connectivity index (χ2n) is 12.6. The van der Waals surface area contributed by atoms with Gasteiger partial charge in [-0.1, -0.05) is 85.8 Å². The normalized spacial score (nSPS) is 22.8. The summed E-state index contributed by atoms with van der Waals surface area (Å²) in [7, 11) is -4.15. The SMILES string of the molecule is CCC1(COP(=O)(OCc2ccccc2)OCc2ccccc2)OC(n2cnc3c(NC(=O)c4ccccc4)ncnc32)C2OC(C)(C)O[C@H]21. The van der Waals surface area contributed by atoms with Crippen LogP contribution in [0.15, 0.2) is 104 Å². The minimum atomic E-state index is -4.15. The molecule has 14 heteroatoms. The molecule has 2 aliphatic rings. The highest BCUT2D eigenvalue weighted by molar-refractivity contribution is 7.48. The Morgan fingerprint density at radius 1 is 0.840 bits per heavy atom. The van der Waals surface area contributed by atoms with Crippen LogP contribution in [0.25, 0.3) is 11.2 Å². The Kier molecular flexibility index (Phi) is 9.64. The van der Waals surface area contributed by atoms with E-state index >= 15 is 0 Å². The first-order valence-electron chi connectivity index (χ1n) is 16.4. The Morgan fingerprint density at radius 2 is 1.46 bits per heavy atom. The van der Waals surface area contributed by atoms with Gasteiger partial charge in [0.15, 0.2) is 29.0 Å². The van der Waals surface area contributed by atoms with Gasteiger partial charge >= 0.3 is 7.82 Å². The molecule has 2 aromatic heterocycles. The third-order valence-electron chi connectivity index (χ3n) is 8.71. The van der Waals surface area contributed by atoms with E-state index in [0.29, 0.717) is 23.1 Å². The molecule has 0 aliphatic carbocycles. The first kappa shape index (κ1) is 34.1. The summed E-state index contributed by atoms with van der Waals surface area (Å²) in [6.45, 7) is 5.42. The van der Waals surface area contributed by atoms with Crippen molar-refractivity contribution in [1.29, 1.82) is 0 Å². The Hall–Kier alpha value is -4.33. The Balaban J connectivity index is 1.16. The average Bonchev–Trinajstić information content (AvgIpc) is 3.80. The summed E-state index contributed by atoms with van der Waals surface area (Å²) in [5.41, 5.74) is 1.74.